The predicted octanol–water partition coefficient (Wildman–Crippen LogP) is 5.45. The summed E-state index contributed by atoms with van der Waals surface area (Å²) in [6.45, 7) is -2.91. The predicted molar refractivity (Wildman–Crippen MR) is 117 cm³/mol. The van der Waals surface area contributed by atoms with Gasteiger partial charge in [-0.15, -0.1) is 0 Å². The van der Waals surface area contributed by atoms with Crippen molar-refractivity contribution >= 4 is 23.3 Å². The first-order chi connectivity index (χ1) is 15.3. The average molecular weight is 460 g/mol. The first-order valence-corrected chi connectivity index (χ1v) is 9.94. The van der Waals surface area contributed by atoms with Crippen LogP contribution in [0.25, 0.3) is 0 Å². The topological polar surface area (TPSA) is 55.8 Å². The van der Waals surface area contributed by atoms with E-state index in [4.69, 9.17) is 16.3 Å². The molecular weight excluding hydrogens is 440 g/mol. The van der Waals surface area contributed by atoms with Crippen LogP contribution >= 0.6 is 11.6 Å². The summed E-state index contributed by atoms with van der Waals surface area (Å²) in [5.41, 5.74) is 1.44. The average Bonchev–Trinajstić information content (AvgIpc) is 2.78. The molecule has 0 aliphatic rings. The second-order valence-corrected chi connectivity index (χ2v) is 7.34. The van der Waals surface area contributed by atoms with Crippen LogP contribution in [0, 0.1) is 0 Å². The molecule has 0 radical (unpaired) electrons. The number of alkyl halides is 2. The van der Waals surface area contributed by atoms with Gasteiger partial charge in [0.25, 0.3) is 5.91 Å². The third-order valence-electron chi connectivity index (χ3n) is 4.72. The Labute approximate surface area is 189 Å². The lowest BCUT2D eigenvalue weighted by Gasteiger charge is -2.20. The molecule has 1 amide bonds. The zero-order valence-corrected chi connectivity index (χ0v) is 18.1. The van der Waals surface area contributed by atoms with Crippen molar-refractivity contribution in [1.29, 1.82) is 0 Å². The van der Waals surface area contributed by atoms with Crippen molar-refractivity contribution < 1.29 is 27.8 Å². The maximum Gasteiger partial charge on any atom is 0.387 e. The minimum atomic E-state index is -3.01. The van der Waals surface area contributed by atoms with Gasteiger partial charge >= 0.3 is 6.61 Å². The molecule has 3 rings (SSSR count). The molecule has 0 aliphatic carbocycles. The molecule has 32 heavy (non-hydrogen) atoms. The van der Waals surface area contributed by atoms with Crippen LogP contribution in [0.4, 0.5) is 8.78 Å². The maximum absolute atomic E-state index is 13.1. The van der Waals surface area contributed by atoms with Gasteiger partial charge < -0.3 is 14.4 Å². The van der Waals surface area contributed by atoms with Crippen LogP contribution in [0.15, 0.2) is 66.7 Å². The fourth-order valence-corrected chi connectivity index (χ4v) is 3.31. The highest BCUT2D eigenvalue weighted by Crippen LogP contribution is 2.30. The van der Waals surface area contributed by atoms with Crippen LogP contribution in [-0.2, 0) is 6.54 Å². The number of nitrogens with zero attached hydrogens (tertiary/aromatic N) is 1. The van der Waals surface area contributed by atoms with Gasteiger partial charge in [-0.05, 0) is 48.0 Å². The molecule has 0 aliphatic heterocycles. The van der Waals surface area contributed by atoms with E-state index >= 15 is 0 Å². The third-order valence-corrected chi connectivity index (χ3v) is 4.97. The smallest absolute Gasteiger partial charge is 0.387 e. The molecule has 166 valence electrons. The molecule has 0 atom stereocenters. The van der Waals surface area contributed by atoms with Crippen LogP contribution in [0.1, 0.15) is 31.8 Å². The molecule has 0 bridgehead atoms. The van der Waals surface area contributed by atoms with E-state index in [0.29, 0.717) is 16.1 Å². The van der Waals surface area contributed by atoms with E-state index in [0.717, 1.165) is 0 Å². The van der Waals surface area contributed by atoms with E-state index in [1.54, 1.807) is 61.6 Å². The van der Waals surface area contributed by atoms with E-state index in [-0.39, 0.29) is 35.0 Å². The molecule has 0 fully saturated rings. The van der Waals surface area contributed by atoms with Crippen molar-refractivity contribution in [2.75, 3.05) is 14.2 Å². The summed E-state index contributed by atoms with van der Waals surface area (Å²) in [5, 5.41) is 0.500. The van der Waals surface area contributed by atoms with Crippen molar-refractivity contribution in [3.05, 3.63) is 94.0 Å². The highest BCUT2D eigenvalue weighted by atomic mass is 35.5. The molecular formula is C24H20ClF2NO4. The van der Waals surface area contributed by atoms with E-state index in [1.165, 1.54) is 24.1 Å². The monoisotopic (exact) mass is 459 g/mol. The lowest BCUT2D eigenvalue weighted by molar-refractivity contribution is -0.0512. The maximum atomic E-state index is 13.1. The van der Waals surface area contributed by atoms with Gasteiger partial charge in [-0.25, -0.2) is 0 Å². The zero-order valence-electron chi connectivity index (χ0n) is 17.3. The largest absolute Gasteiger partial charge is 0.493 e. The molecule has 0 spiro atoms. The van der Waals surface area contributed by atoms with Crippen molar-refractivity contribution in [1.82, 2.24) is 4.90 Å². The Morgan fingerprint density at radius 3 is 2.25 bits per heavy atom. The van der Waals surface area contributed by atoms with Crippen LogP contribution in [-0.4, -0.2) is 37.4 Å². The first-order valence-electron chi connectivity index (χ1n) is 9.56. The summed E-state index contributed by atoms with van der Waals surface area (Å²) in [5.74, 6) is -0.674. The molecule has 0 saturated carbocycles. The number of halogens is 3. The Balaban J connectivity index is 1.84. The highest BCUT2D eigenvalue weighted by molar-refractivity contribution is 6.30. The number of ether oxygens (including phenoxy) is 2. The van der Waals surface area contributed by atoms with Crippen molar-refractivity contribution in [2.24, 2.45) is 0 Å². The van der Waals surface area contributed by atoms with E-state index < -0.39 is 12.5 Å². The first kappa shape index (κ1) is 23.2. The van der Waals surface area contributed by atoms with E-state index in [1.807, 2.05) is 0 Å². The van der Waals surface area contributed by atoms with Crippen LogP contribution in [0.2, 0.25) is 5.02 Å². The van der Waals surface area contributed by atoms with Gasteiger partial charge in [0.1, 0.15) is 0 Å². The second kappa shape index (κ2) is 10.2. The quantitative estimate of drug-likeness (QED) is 0.420. The normalized spacial score (nSPS) is 10.7. The van der Waals surface area contributed by atoms with Crippen LogP contribution in [0.5, 0.6) is 11.5 Å². The molecule has 0 saturated heterocycles. The minimum absolute atomic E-state index is 0.103. The van der Waals surface area contributed by atoms with Crippen LogP contribution < -0.4 is 9.47 Å². The summed E-state index contributed by atoms with van der Waals surface area (Å²) in [6, 6.07) is 17.4. The van der Waals surface area contributed by atoms with Crippen molar-refractivity contribution in [2.45, 2.75) is 13.2 Å². The van der Waals surface area contributed by atoms with Crippen molar-refractivity contribution in [3.8, 4) is 11.5 Å². The van der Waals surface area contributed by atoms with Gasteiger partial charge in [0, 0.05) is 29.7 Å². The van der Waals surface area contributed by atoms with E-state index in [2.05, 4.69) is 4.74 Å². The third kappa shape index (κ3) is 5.42. The van der Waals surface area contributed by atoms with Crippen molar-refractivity contribution in [3.63, 3.8) is 0 Å². The Kier molecular flexibility index (Phi) is 7.43. The Hall–Kier alpha value is -3.45. The SMILES string of the molecule is COc1ccc(CN(C)C(=O)c2ccccc2C(=O)c2ccc(Cl)cc2)cc1OC(F)F. The standard InChI is InChI=1S/C24H20ClF2NO4/c1-28(14-15-7-12-20(31-2)21(13-15)32-24(26)27)23(30)19-6-4-3-5-18(19)22(29)16-8-10-17(25)11-9-16/h3-13,24H,14H2,1-2H3. The molecule has 0 N–H and O–H groups in total. The van der Waals surface area contributed by atoms with E-state index in [9.17, 15) is 18.4 Å². The number of carbonyl (C=O) groups excluding carboxylic acids is 2. The van der Waals surface area contributed by atoms with Gasteiger partial charge in [0.05, 0.1) is 12.7 Å². The molecule has 5 nitrogen and oxygen atoms in total. The highest BCUT2D eigenvalue weighted by Gasteiger charge is 2.21. The second-order valence-electron chi connectivity index (χ2n) is 6.91. The zero-order chi connectivity index (χ0) is 23.3. The fourth-order valence-electron chi connectivity index (χ4n) is 3.18. The Morgan fingerprint density at radius 1 is 0.969 bits per heavy atom. The number of hydrogen-bond donors (Lipinski definition) is 0. The lowest BCUT2D eigenvalue weighted by Crippen LogP contribution is -2.28. The Bertz CT molecular complexity index is 1120. The number of ketones is 1. The Morgan fingerprint density at radius 2 is 1.62 bits per heavy atom. The van der Waals surface area contributed by atoms with Crippen LogP contribution in [0.3, 0.4) is 0 Å². The molecule has 3 aromatic rings. The van der Waals surface area contributed by atoms with Gasteiger partial charge in [0.2, 0.25) is 0 Å². The summed E-state index contributed by atoms with van der Waals surface area (Å²) < 4.78 is 34.9. The summed E-state index contributed by atoms with van der Waals surface area (Å²) in [4.78, 5) is 27.5. The summed E-state index contributed by atoms with van der Waals surface area (Å²) in [7, 11) is 2.90. The minimum Gasteiger partial charge on any atom is -0.493 e. The van der Waals surface area contributed by atoms with Gasteiger partial charge in [-0.1, -0.05) is 35.9 Å². The lowest BCUT2D eigenvalue weighted by atomic mass is 9.97. The number of rotatable bonds is 8. The molecule has 3 aromatic carbocycles. The van der Waals surface area contributed by atoms with Gasteiger partial charge in [0.15, 0.2) is 17.3 Å². The van der Waals surface area contributed by atoms with Gasteiger partial charge in [-0.2, -0.15) is 8.78 Å². The number of methoxy groups -OCH3 is 1. The molecule has 0 aromatic heterocycles. The molecule has 0 heterocycles. The number of benzene rings is 3. The number of hydrogen-bond acceptors (Lipinski definition) is 4. The summed E-state index contributed by atoms with van der Waals surface area (Å²) >= 11 is 5.89. The molecule has 0 unspecified atom stereocenters. The number of amides is 1. The molecule has 8 heteroatoms. The number of carbonyl (C=O) groups is 2. The fraction of sp³-hybridized carbons (Fsp3) is 0.167. The summed E-state index contributed by atoms with van der Waals surface area (Å²) in [6.07, 6.45) is 0. The van der Waals surface area contributed by atoms with Gasteiger partial charge in [-0.3, -0.25) is 9.59 Å².